The van der Waals surface area contributed by atoms with Gasteiger partial charge in [-0.3, -0.25) is 0 Å². The largest absolute Gasteiger partial charge is 0.476 e. The number of nitrogens with one attached hydrogen (secondary N) is 1. The van der Waals surface area contributed by atoms with Crippen LogP contribution in [0.2, 0.25) is 0 Å². The van der Waals surface area contributed by atoms with Crippen LogP contribution in [0.5, 0.6) is 0 Å². The topological polar surface area (TPSA) is 102 Å². The summed E-state index contributed by atoms with van der Waals surface area (Å²) in [6.07, 6.45) is 3.69. The highest BCUT2D eigenvalue weighted by atomic mass is 16.6. The number of rotatable bonds is 3. The van der Waals surface area contributed by atoms with E-state index in [1.807, 2.05) is 0 Å². The van der Waals surface area contributed by atoms with Crippen molar-refractivity contribution in [1.82, 2.24) is 10.5 Å². The van der Waals surface area contributed by atoms with Gasteiger partial charge in [-0.15, -0.1) is 0 Å². The van der Waals surface area contributed by atoms with Crippen molar-refractivity contribution >= 4 is 12.1 Å². The fourth-order valence-corrected chi connectivity index (χ4v) is 2.69. The molecule has 0 aliphatic heterocycles. The van der Waals surface area contributed by atoms with Crippen LogP contribution < -0.4 is 5.32 Å². The van der Waals surface area contributed by atoms with Crippen molar-refractivity contribution in [2.24, 2.45) is 0 Å². The molecule has 0 radical (unpaired) electrons. The molecule has 1 aliphatic carbocycles. The van der Waals surface area contributed by atoms with Crippen molar-refractivity contribution in [3.63, 3.8) is 0 Å². The highest BCUT2D eigenvalue weighted by molar-refractivity contribution is 5.85. The Hall–Kier alpha value is -2.05. The Balaban J connectivity index is 2.23. The van der Waals surface area contributed by atoms with E-state index in [2.05, 4.69) is 10.5 Å². The molecule has 7 heteroatoms. The summed E-state index contributed by atoms with van der Waals surface area (Å²) in [6.45, 7) is 5.37. The van der Waals surface area contributed by atoms with Crippen molar-refractivity contribution in [2.75, 3.05) is 0 Å². The summed E-state index contributed by atoms with van der Waals surface area (Å²) in [7, 11) is 0. The summed E-state index contributed by atoms with van der Waals surface area (Å²) < 4.78 is 10.5. The number of hydrogen-bond donors (Lipinski definition) is 2. The first-order chi connectivity index (χ1) is 10.2. The van der Waals surface area contributed by atoms with Gasteiger partial charge < -0.3 is 19.7 Å². The molecule has 1 aromatic heterocycles. The second-order valence-corrected chi connectivity index (χ2v) is 6.65. The first kappa shape index (κ1) is 16.3. The molecule has 1 aromatic rings. The molecule has 22 heavy (non-hydrogen) atoms. The number of nitrogens with zero attached hydrogens (tertiary/aromatic N) is 1. The molecule has 1 amide bonds. The normalized spacial score (nSPS) is 17.8. The third-order valence-corrected chi connectivity index (χ3v) is 3.65. The third-order valence-electron chi connectivity index (χ3n) is 3.65. The van der Waals surface area contributed by atoms with Crippen molar-refractivity contribution in [3.05, 3.63) is 17.5 Å². The molecule has 1 fully saturated rings. The molecule has 1 saturated carbocycles. The molecule has 0 atom stereocenters. The number of alkyl carbamates (subject to hydrolysis) is 1. The maximum absolute atomic E-state index is 12.1. The Morgan fingerprint density at radius 2 is 1.95 bits per heavy atom. The lowest BCUT2D eigenvalue weighted by Gasteiger charge is -2.36. The maximum Gasteiger partial charge on any atom is 0.408 e. The molecular formula is C15H22N2O5. The summed E-state index contributed by atoms with van der Waals surface area (Å²) in [4.78, 5) is 23.1. The number of aromatic carboxylic acids is 1. The highest BCUT2D eigenvalue weighted by Gasteiger charge is 2.40. The van der Waals surface area contributed by atoms with Gasteiger partial charge in [0.1, 0.15) is 11.1 Å². The van der Waals surface area contributed by atoms with Crippen LogP contribution in [0.25, 0.3) is 0 Å². The minimum absolute atomic E-state index is 0.161. The molecule has 7 nitrogen and oxygen atoms in total. The predicted octanol–water partition coefficient (Wildman–Crippen LogP) is 3.06. The number of ether oxygens (including phenoxy) is 1. The van der Waals surface area contributed by atoms with Gasteiger partial charge in [0.25, 0.3) is 0 Å². The number of aromatic nitrogens is 1. The fourth-order valence-electron chi connectivity index (χ4n) is 2.69. The fraction of sp³-hybridized carbons (Fsp3) is 0.667. The van der Waals surface area contributed by atoms with Crippen LogP contribution in [0, 0.1) is 0 Å². The van der Waals surface area contributed by atoms with E-state index in [0.717, 1.165) is 19.3 Å². The maximum atomic E-state index is 12.1. The minimum atomic E-state index is -1.15. The van der Waals surface area contributed by atoms with Crippen LogP contribution in [-0.4, -0.2) is 27.9 Å². The standard InChI is InChI=1S/C15H22N2O5/c1-14(2,3)21-13(20)16-15(7-5-4-6-8-15)11-9-10(12(18)19)17-22-11/h9H,4-8H2,1-3H3,(H,16,20)(H,18,19). The summed E-state index contributed by atoms with van der Waals surface area (Å²) >= 11 is 0. The molecule has 1 aliphatic rings. The van der Waals surface area contributed by atoms with E-state index >= 15 is 0 Å². The van der Waals surface area contributed by atoms with Gasteiger partial charge in [-0.1, -0.05) is 24.4 Å². The van der Waals surface area contributed by atoms with Crippen molar-refractivity contribution < 1.29 is 24.0 Å². The smallest absolute Gasteiger partial charge is 0.408 e. The molecule has 0 spiro atoms. The summed E-state index contributed by atoms with van der Waals surface area (Å²) in [5, 5.41) is 15.4. The van der Waals surface area contributed by atoms with E-state index in [1.165, 1.54) is 6.07 Å². The number of carboxylic acids is 1. The van der Waals surface area contributed by atoms with E-state index in [9.17, 15) is 9.59 Å². The van der Waals surface area contributed by atoms with Gasteiger partial charge >= 0.3 is 12.1 Å². The first-order valence-electron chi connectivity index (χ1n) is 7.43. The molecule has 1 heterocycles. The zero-order valence-electron chi connectivity index (χ0n) is 13.1. The van der Waals surface area contributed by atoms with Gasteiger partial charge in [0.2, 0.25) is 0 Å². The Morgan fingerprint density at radius 1 is 1.32 bits per heavy atom. The number of carbonyl (C=O) groups excluding carboxylic acids is 1. The van der Waals surface area contributed by atoms with Crippen molar-refractivity contribution in [2.45, 2.75) is 64.0 Å². The Morgan fingerprint density at radius 3 is 2.45 bits per heavy atom. The first-order valence-corrected chi connectivity index (χ1v) is 7.43. The van der Waals surface area contributed by atoms with Gasteiger partial charge in [0, 0.05) is 6.07 Å². The van der Waals surface area contributed by atoms with Crippen LogP contribution in [0.15, 0.2) is 10.6 Å². The zero-order valence-corrected chi connectivity index (χ0v) is 13.1. The van der Waals surface area contributed by atoms with Crippen molar-refractivity contribution in [3.8, 4) is 0 Å². The minimum Gasteiger partial charge on any atom is -0.476 e. The number of amides is 1. The molecule has 2 rings (SSSR count). The number of carboxylic acid groups (broad SMARTS) is 1. The summed E-state index contributed by atoms with van der Waals surface area (Å²) in [5.74, 6) is -0.784. The second-order valence-electron chi connectivity index (χ2n) is 6.65. The third kappa shape index (κ3) is 3.78. The lowest BCUT2D eigenvalue weighted by atomic mass is 9.80. The summed E-state index contributed by atoms with van der Waals surface area (Å²) in [5.41, 5.74) is -1.51. The van der Waals surface area contributed by atoms with E-state index in [1.54, 1.807) is 20.8 Å². The molecule has 0 unspecified atom stereocenters. The Kier molecular flexibility index (Phi) is 4.44. The Bertz CT molecular complexity index is 553. The molecule has 122 valence electrons. The van der Waals surface area contributed by atoms with Gasteiger partial charge in [-0.05, 0) is 33.6 Å². The van der Waals surface area contributed by atoms with Gasteiger partial charge in [-0.2, -0.15) is 0 Å². The van der Waals surface area contributed by atoms with Crippen LogP contribution in [0.3, 0.4) is 0 Å². The van der Waals surface area contributed by atoms with Crippen LogP contribution in [-0.2, 0) is 10.3 Å². The zero-order chi connectivity index (χ0) is 16.4. The quantitative estimate of drug-likeness (QED) is 0.889. The molecule has 2 N–H and O–H groups in total. The average molecular weight is 310 g/mol. The predicted molar refractivity (Wildman–Crippen MR) is 77.6 cm³/mol. The lowest BCUT2D eigenvalue weighted by Crippen LogP contribution is -2.48. The summed E-state index contributed by atoms with van der Waals surface area (Å²) in [6, 6.07) is 1.38. The van der Waals surface area contributed by atoms with E-state index in [0.29, 0.717) is 18.6 Å². The molecule has 0 saturated heterocycles. The SMILES string of the molecule is CC(C)(C)OC(=O)NC1(c2cc(C(=O)O)no2)CCCCC1. The van der Waals surface area contributed by atoms with E-state index < -0.39 is 23.2 Å². The van der Waals surface area contributed by atoms with Gasteiger partial charge in [0.15, 0.2) is 11.5 Å². The highest BCUT2D eigenvalue weighted by Crippen LogP contribution is 2.37. The van der Waals surface area contributed by atoms with Crippen LogP contribution >= 0.6 is 0 Å². The second kappa shape index (κ2) is 5.98. The van der Waals surface area contributed by atoms with Gasteiger partial charge in [0.05, 0.1) is 0 Å². The van der Waals surface area contributed by atoms with Crippen molar-refractivity contribution in [1.29, 1.82) is 0 Å². The molecule has 0 aromatic carbocycles. The Labute approximate surface area is 129 Å². The van der Waals surface area contributed by atoms with E-state index in [4.69, 9.17) is 14.4 Å². The number of hydrogen-bond acceptors (Lipinski definition) is 5. The average Bonchev–Trinajstić information content (AvgIpc) is 2.87. The van der Waals surface area contributed by atoms with Crippen LogP contribution in [0.1, 0.15) is 69.1 Å². The van der Waals surface area contributed by atoms with Gasteiger partial charge in [-0.25, -0.2) is 9.59 Å². The molecular weight excluding hydrogens is 288 g/mol. The number of carbonyl (C=O) groups is 2. The lowest BCUT2D eigenvalue weighted by molar-refractivity contribution is 0.0389. The van der Waals surface area contributed by atoms with E-state index in [-0.39, 0.29) is 5.69 Å². The monoisotopic (exact) mass is 310 g/mol. The van der Waals surface area contributed by atoms with Crippen LogP contribution in [0.4, 0.5) is 4.79 Å². The molecule has 0 bridgehead atoms.